The summed E-state index contributed by atoms with van der Waals surface area (Å²) >= 11 is 0. The number of aryl methyl sites for hydroxylation is 3. The van der Waals surface area contributed by atoms with Gasteiger partial charge >= 0.3 is 0 Å². The van der Waals surface area contributed by atoms with E-state index in [1.807, 2.05) is 32.9 Å². The topological polar surface area (TPSA) is 64.3 Å². The molecule has 0 radical (unpaired) electrons. The first kappa shape index (κ1) is 14.9. The van der Waals surface area contributed by atoms with Gasteiger partial charge in [0.2, 0.25) is 0 Å². The third kappa shape index (κ3) is 3.16. The van der Waals surface area contributed by atoms with Crippen LogP contribution in [0.2, 0.25) is 0 Å². The summed E-state index contributed by atoms with van der Waals surface area (Å²) in [5.74, 6) is 0.345. The molecule has 0 bridgehead atoms. The highest BCUT2D eigenvalue weighted by molar-refractivity contribution is 6.06. The first-order valence-electron chi connectivity index (χ1n) is 6.75. The van der Waals surface area contributed by atoms with E-state index in [9.17, 15) is 4.79 Å². The van der Waals surface area contributed by atoms with E-state index in [1.54, 1.807) is 25.3 Å². The average Bonchev–Trinajstić information content (AvgIpc) is 2.44. The molecular formula is C17H20N2O2. The third-order valence-electron chi connectivity index (χ3n) is 3.46. The maximum absolute atomic E-state index is 12.5. The summed E-state index contributed by atoms with van der Waals surface area (Å²) in [5.41, 5.74) is 10.8. The fourth-order valence-corrected chi connectivity index (χ4v) is 2.19. The van der Waals surface area contributed by atoms with E-state index >= 15 is 0 Å². The van der Waals surface area contributed by atoms with Gasteiger partial charge in [0, 0.05) is 11.4 Å². The van der Waals surface area contributed by atoms with E-state index in [4.69, 9.17) is 10.5 Å². The number of anilines is 2. The largest absolute Gasteiger partial charge is 0.496 e. The minimum Gasteiger partial charge on any atom is -0.496 e. The van der Waals surface area contributed by atoms with Crippen LogP contribution in [0.25, 0.3) is 0 Å². The summed E-state index contributed by atoms with van der Waals surface area (Å²) < 4.78 is 5.25. The van der Waals surface area contributed by atoms with Gasteiger partial charge in [-0.15, -0.1) is 0 Å². The Bertz CT molecular complexity index is 693. The molecule has 0 saturated carbocycles. The molecule has 4 nitrogen and oxygen atoms in total. The Morgan fingerprint density at radius 1 is 1.10 bits per heavy atom. The Hall–Kier alpha value is -2.49. The van der Waals surface area contributed by atoms with Gasteiger partial charge in [-0.3, -0.25) is 4.79 Å². The van der Waals surface area contributed by atoms with E-state index in [0.29, 0.717) is 22.7 Å². The Morgan fingerprint density at radius 3 is 2.48 bits per heavy atom. The van der Waals surface area contributed by atoms with Gasteiger partial charge in [0.15, 0.2) is 0 Å². The molecule has 3 N–H and O–H groups in total. The molecule has 2 aromatic rings. The van der Waals surface area contributed by atoms with Crippen molar-refractivity contribution < 1.29 is 9.53 Å². The molecule has 0 aliphatic heterocycles. The summed E-state index contributed by atoms with van der Waals surface area (Å²) in [6, 6.07) is 9.25. The predicted octanol–water partition coefficient (Wildman–Crippen LogP) is 3.45. The number of ether oxygens (including phenoxy) is 1. The molecule has 0 saturated heterocycles. The van der Waals surface area contributed by atoms with Crippen LogP contribution in [0.5, 0.6) is 5.75 Å². The van der Waals surface area contributed by atoms with Crippen molar-refractivity contribution in [3.63, 3.8) is 0 Å². The highest BCUT2D eigenvalue weighted by Gasteiger charge is 2.14. The molecule has 0 atom stereocenters. The lowest BCUT2D eigenvalue weighted by molar-refractivity contribution is 0.102. The van der Waals surface area contributed by atoms with Crippen LogP contribution in [-0.2, 0) is 0 Å². The minimum atomic E-state index is -0.207. The maximum atomic E-state index is 12.5. The Morgan fingerprint density at radius 2 is 1.81 bits per heavy atom. The summed E-state index contributed by atoms with van der Waals surface area (Å²) in [4.78, 5) is 12.5. The molecule has 2 aromatic carbocycles. The lowest BCUT2D eigenvalue weighted by atomic mass is 10.1. The Kier molecular flexibility index (Phi) is 4.17. The van der Waals surface area contributed by atoms with Crippen molar-refractivity contribution in [2.75, 3.05) is 18.2 Å². The monoisotopic (exact) mass is 284 g/mol. The molecule has 110 valence electrons. The van der Waals surface area contributed by atoms with Crippen molar-refractivity contribution in [3.8, 4) is 5.75 Å². The van der Waals surface area contributed by atoms with E-state index < -0.39 is 0 Å². The van der Waals surface area contributed by atoms with Crippen LogP contribution in [-0.4, -0.2) is 13.0 Å². The van der Waals surface area contributed by atoms with E-state index in [0.717, 1.165) is 16.7 Å². The number of nitrogen functional groups attached to an aromatic ring is 1. The van der Waals surface area contributed by atoms with Crippen LogP contribution >= 0.6 is 0 Å². The fourth-order valence-electron chi connectivity index (χ4n) is 2.19. The number of rotatable bonds is 3. The number of hydrogen-bond acceptors (Lipinski definition) is 3. The quantitative estimate of drug-likeness (QED) is 0.848. The van der Waals surface area contributed by atoms with Crippen LogP contribution in [0.4, 0.5) is 11.4 Å². The summed E-state index contributed by atoms with van der Waals surface area (Å²) in [6.07, 6.45) is 0. The molecule has 2 rings (SSSR count). The molecule has 0 heterocycles. The number of nitrogens with two attached hydrogens (primary N) is 1. The molecule has 0 aliphatic rings. The van der Waals surface area contributed by atoms with Gasteiger partial charge in [-0.2, -0.15) is 0 Å². The zero-order chi connectivity index (χ0) is 15.6. The second-order valence-electron chi connectivity index (χ2n) is 5.18. The normalized spacial score (nSPS) is 10.3. The number of amides is 1. The second-order valence-corrected chi connectivity index (χ2v) is 5.18. The van der Waals surface area contributed by atoms with Crippen molar-refractivity contribution in [2.24, 2.45) is 0 Å². The molecule has 21 heavy (non-hydrogen) atoms. The van der Waals surface area contributed by atoms with Gasteiger partial charge < -0.3 is 15.8 Å². The van der Waals surface area contributed by atoms with E-state index in [-0.39, 0.29) is 5.91 Å². The van der Waals surface area contributed by atoms with Gasteiger partial charge in [0.05, 0.1) is 12.7 Å². The van der Waals surface area contributed by atoms with Crippen LogP contribution in [0.3, 0.4) is 0 Å². The van der Waals surface area contributed by atoms with Gasteiger partial charge in [0.1, 0.15) is 5.75 Å². The first-order valence-corrected chi connectivity index (χ1v) is 6.75. The summed E-state index contributed by atoms with van der Waals surface area (Å²) in [7, 11) is 1.55. The third-order valence-corrected chi connectivity index (χ3v) is 3.46. The molecule has 0 spiro atoms. The van der Waals surface area contributed by atoms with Gasteiger partial charge in [-0.1, -0.05) is 17.7 Å². The fraction of sp³-hybridized carbons (Fsp3) is 0.235. The molecule has 0 aromatic heterocycles. The highest BCUT2D eigenvalue weighted by atomic mass is 16.5. The highest BCUT2D eigenvalue weighted by Crippen LogP contribution is 2.25. The van der Waals surface area contributed by atoms with Crippen LogP contribution in [0, 0.1) is 20.8 Å². The lowest BCUT2D eigenvalue weighted by Gasteiger charge is -2.13. The van der Waals surface area contributed by atoms with Crippen LogP contribution in [0.15, 0.2) is 30.3 Å². The predicted molar refractivity (Wildman–Crippen MR) is 86.0 cm³/mol. The minimum absolute atomic E-state index is 0.207. The number of hydrogen-bond donors (Lipinski definition) is 2. The Balaban J connectivity index is 2.34. The molecular weight excluding hydrogens is 264 g/mol. The van der Waals surface area contributed by atoms with Crippen molar-refractivity contribution in [3.05, 3.63) is 52.6 Å². The van der Waals surface area contributed by atoms with E-state index in [1.165, 1.54) is 0 Å². The molecule has 0 aliphatic carbocycles. The first-order chi connectivity index (χ1) is 9.92. The smallest absolute Gasteiger partial charge is 0.259 e. The SMILES string of the molecule is COc1ccc(C)cc1C(=O)Nc1cc(N)c(C)cc1C. The van der Waals surface area contributed by atoms with Crippen molar-refractivity contribution >= 4 is 17.3 Å². The standard InChI is InChI=1S/C17H20N2O2/c1-10-5-6-16(21-4)13(7-10)17(20)19-15-9-14(18)11(2)8-12(15)3/h5-9H,18H2,1-4H3,(H,19,20). The zero-order valence-electron chi connectivity index (χ0n) is 12.8. The van der Waals surface area contributed by atoms with E-state index in [2.05, 4.69) is 5.32 Å². The van der Waals surface area contributed by atoms with Crippen molar-refractivity contribution in [2.45, 2.75) is 20.8 Å². The average molecular weight is 284 g/mol. The van der Waals surface area contributed by atoms with Gasteiger partial charge in [-0.05, 0) is 50.1 Å². The summed E-state index contributed by atoms with van der Waals surface area (Å²) in [5, 5.41) is 2.90. The van der Waals surface area contributed by atoms with Crippen LogP contribution in [0.1, 0.15) is 27.0 Å². The molecule has 1 amide bonds. The number of carbonyl (C=O) groups is 1. The summed E-state index contributed by atoms with van der Waals surface area (Å²) in [6.45, 7) is 5.82. The Labute approximate surface area is 124 Å². The lowest BCUT2D eigenvalue weighted by Crippen LogP contribution is -2.14. The number of benzene rings is 2. The maximum Gasteiger partial charge on any atom is 0.259 e. The zero-order valence-corrected chi connectivity index (χ0v) is 12.8. The molecule has 4 heteroatoms. The van der Waals surface area contributed by atoms with Gasteiger partial charge in [0.25, 0.3) is 5.91 Å². The number of nitrogens with one attached hydrogen (secondary N) is 1. The molecule has 0 fully saturated rings. The molecule has 0 unspecified atom stereocenters. The second kappa shape index (κ2) is 5.87. The van der Waals surface area contributed by atoms with Crippen molar-refractivity contribution in [1.82, 2.24) is 0 Å². The van der Waals surface area contributed by atoms with Crippen LogP contribution < -0.4 is 15.8 Å². The number of methoxy groups -OCH3 is 1. The van der Waals surface area contributed by atoms with Crippen molar-refractivity contribution in [1.29, 1.82) is 0 Å². The van der Waals surface area contributed by atoms with Gasteiger partial charge in [-0.25, -0.2) is 0 Å². The number of carbonyl (C=O) groups excluding carboxylic acids is 1.